The summed E-state index contributed by atoms with van der Waals surface area (Å²) in [5.74, 6) is 1.66. The molecular weight excluding hydrogens is 244 g/mol. The van der Waals surface area contributed by atoms with Crippen molar-refractivity contribution in [3.05, 3.63) is 5.82 Å². The highest BCUT2D eigenvalue weighted by Gasteiger charge is 2.34. The van der Waals surface area contributed by atoms with Crippen molar-refractivity contribution in [3.63, 3.8) is 0 Å². The number of fused-ring (bicyclic) bond motifs is 2. The first-order chi connectivity index (χ1) is 8.83. The maximum atomic E-state index is 4.43. The molecule has 1 aromatic heterocycles. The fourth-order valence-electron chi connectivity index (χ4n) is 3.08. The maximum Gasteiger partial charge on any atom is 0.210 e. The molecule has 1 aromatic rings. The van der Waals surface area contributed by atoms with Crippen molar-refractivity contribution in [1.82, 2.24) is 14.9 Å². The molecule has 2 atom stereocenters. The molecule has 2 heterocycles. The third kappa shape index (κ3) is 2.02. The van der Waals surface area contributed by atoms with Crippen LogP contribution in [0.1, 0.15) is 64.1 Å². The Kier molecular flexibility index (Phi) is 3.50. The van der Waals surface area contributed by atoms with Gasteiger partial charge in [-0.2, -0.15) is 0 Å². The van der Waals surface area contributed by atoms with Crippen molar-refractivity contribution in [3.8, 4) is 0 Å². The Morgan fingerprint density at radius 1 is 1.28 bits per heavy atom. The number of aromatic nitrogens is 3. The minimum absolute atomic E-state index is 0.527. The highest BCUT2D eigenvalue weighted by molar-refractivity contribution is 7.99. The van der Waals surface area contributed by atoms with E-state index < -0.39 is 0 Å². The number of thioether (sulfide) groups is 1. The number of hydrogen-bond donors (Lipinski definition) is 1. The molecule has 0 bridgehead atoms. The predicted molar refractivity (Wildman–Crippen MR) is 74.6 cm³/mol. The van der Waals surface area contributed by atoms with Crippen LogP contribution in [0.15, 0.2) is 5.16 Å². The highest BCUT2D eigenvalue weighted by Crippen LogP contribution is 2.38. The Morgan fingerprint density at radius 2 is 2.06 bits per heavy atom. The molecule has 0 aromatic carbocycles. The van der Waals surface area contributed by atoms with Crippen LogP contribution < -0.4 is 5.43 Å². The highest BCUT2D eigenvalue weighted by atomic mass is 32.2. The lowest BCUT2D eigenvalue weighted by molar-refractivity contribution is 0.422. The second-order valence-electron chi connectivity index (χ2n) is 5.37. The zero-order valence-electron chi connectivity index (χ0n) is 11.2. The van der Waals surface area contributed by atoms with E-state index >= 15 is 0 Å². The van der Waals surface area contributed by atoms with Gasteiger partial charge in [0, 0.05) is 11.2 Å². The molecule has 1 saturated carbocycles. The van der Waals surface area contributed by atoms with Gasteiger partial charge in [-0.05, 0) is 25.7 Å². The van der Waals surface area contributed by atoms with Crippen molar-refractivity contribution in [1.29, 1.82) is 0 Å². The van der Waals surface area contributed by atoms with Crippen LogP contribution in [0.4, 0.5) is 0 Å². The van der Waals surface area contributed by atoms with Crippen LogP contribution in [0.2, 0.25) is 0 Å². The summed E-state index contributed by atoms with van der Waals surface area (Å²) in [5, 5.41) is 10.6. The lowest BCUT2D eigenvalue weighted by atomic mass is 9.95. The summed E-state index contributed by atoms with van der Waals surface area (Å²) in [6.45, 7) is 4.46. The van der Waals surface area contributed by atoms with Crippen LogP contribution in [-0.4, -0.2) is 26.2 Å². The SMILES string of the molecule is CCC(CC)c1nnc2n1NC1CCCCC1S2. The largest absolute Gasteiger partial charge is 0.318 e. The molecule has 3 rings (SSSR count). The van der Waals surface area contributed by atoms with Crippen molar-refractivity contribution < 1.29 is 0 Å². The first-order valence-corrected chi connectivity index (χ1v) is 8.10. The molecule has 1 N–H and O–H groups in total. The van der Waals surface area contributed by atoms with Crippen LogP contribution in [0.5, 0.6) is 0 Å². The average molecular weight is 266 g/mol. The lowest BCUT2D eigenvalue weighted by Gasteiger charge is -2.36. The van der Waals surface area contributed by atoms with E-state index in [0.717, 1.165) is 23.8 Å². The standard InChI is InChI=1S/C13H22N4S/c1-3-9(4-2)12-14-15-13-17(12)16-10-7-5-6-8-11(10)18-13/h9-11,16H,3-8H2,1-2H3. The Hall–Kier alpha value is -0.710. The summed E-state index contributed by atoms with van der Waals surface area (Å²) in [7, 11) is 0. The van der Waals surface area contributed by atoms with Crippen LogP contribution in [0.25, 0.3) is 0 Å². The van der Waals surface area contributed by atoms with Gasteiger partial charge < -0.3 is 5.43 Å². The molecule has 5 heteroatoms. The first kappa shape index (κ1) is 12.3. The van der Waals surface area contributed by atoms with Gasteiger partial charge in [-0.25, -0.2) is 4.68 Å². The van der Waals surface area contributed by atoms with E-state index in [4.69, 9.17) is 0 Å². The molecule has 18 heavy (non-hydrogen) atoms. The minimum atomic E-state index is 0.527. The molecule has 0 saturated heterocycles. The van der Waals surface area contributed by atoms with E-state index in [0.29, 0.717) is 17.2 Å². The number of rotatable bonds is 3. The Morgan fingerprint density at radius 3 is 2.83 bits per heavy atom. The monoisotopic (exact) mass is 266 g/mol. The third-order valence-corrected chi connectivity index (χ3v) is 5.61. The second-order valence-corrected chi connectivity index (χ2v) is 6.57. The molecule has 0 amide bonds. The molecule has 2 aliphatic rings. The molecule has 2 unspecified atom stereocenters. The lowest BCUT2D eigenvalue weighted by Crippen LogP contribution is -2.43. The van der Waals surface area contributed by atoms with Crippen molar-refractivity contribution in [2.45, 2.75) is 74.7 Å². The predicted octanol–water partition coefficient (Wildman–Crippen LogP) is 3.14. The molecular formula is C13H22N4S. The van der Waals surface area contributed by atoms with E-state index in [2.05, 4.69) is 34.1 Å². The topological polar surface area (TPSA) is 42.7 Å². The number of hydrogen-bond acceptors (Lipinski definition) is 4. The zero-order valence-corrected chi connectivity index (χ0v) is 12.0. The molecule has 0 radical (unpaired) electrons. The van der Waals surface area contributed by atoms with Crippen LogP contribution >= 0.6 is 11.8 Å². The van der Waals surface area contributed by atoms with Crippen LogP contribution in [0.3, 0.4) is 0 Å². The first-order valence-electron chi connectivity index (χ1n) is 7.22. The number of nitrogens with one attached hydrogen (secondary N) is 1. The maximum absolute atomic E-state index is 4.43. The smallest absolute Gasteiger partial charge is 0.210 e. The third-order valence-electron chi connectivity index (χ3n) is 4.26. The van der Waals surface area contributed by atoms with E-state index in [-0.39, 0.29) is 0 Å². The Labute approximate surface area is 113 Å². The summed E-state index contributed by atoms with van der Waals surface area (Å²) in [6.07, 6.45) is 7.59. The van der Waals surface area contributed by atoms with Crippen molar-refractivity contribution in [2.75, 3.05) is 5.43 Å². The summed E-state index contributed by atoms with van der Waals surface area (Å²) in [5.41, 5.74) is 3.67. The van der Waals surface area contributed by atoms with Gasteiger partial charge >= 0.3 is 0 Å². The van der Waals surface area contributed by atoms with Gasteiger partial charge in [0.15, 0.2) is 5.82 Å². The summed E-state index contributed by atoms with van der Waals surface area (Å²) < 4.78 is 2.18. The van der Waals surface area contributed by atoms with Gasteiger partial charge in [0.1, 0.15) is 0 Å². The fourth-order valence-corrected chi connectivity index (χ4v) is 4.34. The Bertz CT molecular complexity index is 413. The summed E-state index contributed by atoms with van der Waals surface area (Å²) >= 11 is 1.93. The van der Waals surface area contributed by atoms with Crippen LogP contribution in [-0.2, 0) is 0 Å². The van der Waals surface area contributed by atoms with Gasteiger partial charge in [-0.15, -0.1) is 10.2 Å². The van der Waals surface area contributed by atoms with E-state index in [1.807, 2.05) is 11.8 Å². The molecule has 100 valence electrons. The quantitative estimate of drug-likeness (QED) is 0.912. The average Bonchev–Trinajstić information content (AvgIpc) is 2.81. The van der Waals surface area contributed by atoms with Crippen molar-refractivity contribution >= 4 is 11.8 Å². The van der Waals surface area contributed by atoms with Gasteiger partial charge in [0.05, 0.1) is 6.04 Å². The Balaban J connectivity index is 1.87. The normalized spacial score (nSPS) is 26.6. The summed E-state index contributed by atoms with van der Waals surface area (Å²) in [6, 6.07) is 0.611. The van der Waals surface area contributed by atoms with E-state index in [1.165, 1.54) is 25.7 Å². The van der Waals surface area contributed by atoms with E-state index in [9.17, 15) is 0 Å². The van der Waals surface area contributed by atoms with Gasteiger partial charge in [-0.3, -0.25) is 0 Å². The van der Waals surface area contributed by atoms with Gasteiger partial charge in [0.2, 0.25) is 5.16 Å². The van der Waals surface area contributed by atoms with Crippen LogP contribution in [0, 0.1) is 0 Å². The molecule has 4 nitrogen and oxygen atoms in total. The molecule has 1 fully saturated rings. The van der Waals surface area contributed by atoms with Gasteiger partial charge in [0.25, 0.3) is 0 Å². The summed E-state index contributed by atoms with van der Waals surface area (Å²) in [4.78, 5) is 0. The van der Waals surface area contributed by atoms with Crippen molar-refractivity contribution in [2.24, 2.45) is 0 Å². The second kappa shape index (κ2) is 5.11. The van der Waals surface area contributed by atoms with Gasteiger partial charge in [-0.1, -0.05) is 38.5 Å². The number of nitrogens with zero attached hydrogens (tertiary/aromatic N) is 3. The van der Waals surface area contributed by atoms with E-state index in [1.54, 1.807) is 0 Å². The molecule has 1 aliphatic heterocycles. The molecule has 1 aliphatic carbocycles. The molecule has 0 spiro atoms. The fraction of sp³-hybridized carbons (Fsp3) is 0.846. The minimum Gasteiger partial charge on any atom is -0.318 e. The zero-order chi connectivity index (χ0) is 12.5.